The van der Waals surface area contributed by atoms with Crippen LogP contribution < -0.4 is 0 Å². The molecule has 1 aliphatic rings. The van der Waals surface area contributed by atoms with Gasteiger partial charge in [0.05, 0.1) is 6.07 Å². The molecule has 0 N–H and O–H groups in total. The van der Waals surface area contributed by atoms with E-state index in [0.717, 1.165) is 24.2 Å². The Morgan fingerprint density at radius 1 is 1.43 bits per heavy atom. The maximum Gasteiger partial charge on any atom is 0.124 e. The lowest BCUT2D eigenvalue weighted by Gasteiger charge is -2.34. The van der Waals surface area contributed by atoms with Gasteiger partial charge in [0, 0.05) is 4.90 Å². The summed E-state index contributed by atoms with van der Waals surface area (Å²) in [5, 5.41) is 9.00. The van der Waals surface area contributed by atoms with Gasteiger partial charge in [0.25, 0.3) is 0 Å². The van der Waals surface area contributed by atoms with Gasteiger partial charge in [-0.3, -0.25) is 0 Å². The van der Waals surface area contributed by atoms with Crippen LogP contribution in [0.15, 0.2) is 29.2 Å². The molecule has 1 nitrogen and oxygen atoms in total. The summed E-state index contributed by atoms with van der Waals surface area (Å²) in [6.07, 6.45) is 2.95. The predicted octanol–water partition coefficient (Wildman–Crippen LogP) is 3.36. The zero-order valence-electron chi connectivity index (χ0n) is 7.66. The van der Waals surface area contributed by atoms with Crippen LogP contribution in [0.5, 0.6) is 0 Å². The predicted molar refractivity (Wildman–Crippen MR) is 54.5 cm³/mol. The van der Waals surface area contributed by atoms with Crippen molar-refractivity contribution in [3.8, 4) is 6.07 Å². The summed E-state index contributed by atoms with van der Waals surface area (Å²) in [7, 11) is 0. The number of halogens is 1. The first-order valence-electron chi connectivity index (χ1n) is 4.60. The van der Waals surface area contributed by atoms with E-state index < -0.39 is 0 Å². The third kappa shape index (κ3) is 1.76. The van der Waals surface area contributed by atoms with Gasteiger partial charge in [-0.05, 0) is 37.5 Å². The lowest BCUT2D eigenvalue weighted by molar-refractivity contribution is 0.440. The number of nitrogens with zero attached hydrogens (tertiary/aromatic N) is 1. The number of thioether (sulfide) groups is 1. The molecule has 14 heavy (non-hydrogen) atoms. The van der Waals surface area contributed by atoms with Crippen LogP contribution in [-0.2, 0) is 0 Å². The van der Waals surface area contributed by atoms with Crippen molar-refractivity contribution in [2.75, 3.05) is 0 Å². The Balaban J connectivity index is 2.14. The third-order valence-corrected chi connectivity index (χ3v) is 3.85. The average molecular weight is 207 g/mol. The molecule has 0 amide bonds. The Kier molecular flexibility index (Phi) is 2.47. The lowest BCUT2D eigenvalue weighted by Crippen LogP contribution is -2.30. The fourth-order valence-electron chi connectivity index (χ4n) is 1.49. The van der Waals surface area contributed by atoms with Gasteiger partial charge in [-0.2, -0.15) is 5.26 Å². The smallest absolute Gasteiger partial charge is 0.124 e. The summed E-state index contributed by atoms with van der Waals surface area (Å²) < 4.78 is 12.6. The van der Waals surface area contributed by atoms with Crippen molar-refractivity contribution < 1.29 is 4.39 Å². The van der Waals surface area contributed by atoms with E-state index in [0.29, 0.717) is 0 Å². The fourth-order valence-corrected chi connectivity index (χ4v) is 2.80. The highest BCUT2D eigenvalue weighted by Crippen LogP contribution is 2.47. The first kappa shape index (κ1) is 9.54. The molecule has 72 valence electrons. The Morgan fingerprint density at radius 3 is 2.71 bits per heavy atom. The monoisotopic (exact) mass is 207 g/mol. The molecule has 3 heteroatoms. The van der Waals surface area contributed by atoms with Crippen molar-refractivity contribution in [2.24, 2.45) is 0 Å². The van der Waals surface area contributed by atoms with E-state index >= 15 is 0 Å². The molecule has 1 fully saturated rings. The molecule has 1 aliphatic carbocycles. The SMILES string of the molecule is N#CC1(Sc2cccc(F)c2)CCC1. The summed E-state index contributed by atoms with van der Waals surface area (Å²) in [5.41, 5.74) is 0. The summed E-state index contributed by atoms with van der Waals surface area (Å²) in [6.45, 7) is 0. The van der Waals surface area contributed by atoms with Crippen LogP contribution in [0.1, 0.15) is 19.3 Å². The first-order chi connectivity index (χ1) is 6.74. The van der Waals surface area contributed by atoms with E-state index in [2.05, 4.69) is 6.07 Å². The highest BCUT2D eigenvalue weighted by Gasteiger charge is 2.38. The quantitative estimate of drug-likeness (QED) is 0.742. The molecule has 1 saturated carbocycles. The molecule has 1 aromatic carbocycles. The van der Waals surface area contributed by atoms with Gasteiger partial charge in [-0.15, -0.1) is 11.8 Å². The number of rotatable bonds is 2. The number of benzene rings is 1. The molecule has 2 rings (SSSR count). The summed E-state index contributed by atoms with van der Waals surface area (Å²) in [4.78, 5) is 0.853. The van der Waals surface area contributed by atoms with E-state index in [4.69, 9.17) is 5.26 Å². The Labute approximate surface area is 86.9 Å². The van der Waals surface area contributed by atoms with E-state index in [1.54, 1.807) is 6.07 Å². The zero-order valence-corrected chi connectivity index (χ0v) is 8.48. The van der Waals surface area contributed by atoms with Gasteiger partial charge in [-0.25, -0.2) is 4.39 Å². The van der Waals surface area contributed by atoms with Crippen molar-refractivity contribution in [3.05, 3.63) is 30.1 Å². The minimum Gasteiger partial charge on any atom is -0.207 e. The summed E-state index contributed by atoms with van der Waals surface area (Å²) in [5.74, 6) is -0.234. The maximum absolute atomic E-state index is 12.9. The van der Waals surface area contributed by atoms with Gasteiger partial charge in [0.15, 0.2) is 0 Å². The van der Waals surface area contributed by atoms with Crippen LogP contribution in [0.2, 0.25) is 0 Å². The minimum absolute atomic E-state index is 0.234. The van der Waals surface area contributed by atoms with Crippen molar-refractivity contribution in [2.45, 2.75) is 28.9 Å². The van der Waals surface area contributed by atoms with Gasteiger partial charge >= 0.3 is 0 Å². The molecule has 0 bridgehead atoms. The maximum atomic E-state index is 12.9. The second kappa shape index (κ2) is 3.62. The molecule has 0 spiro atoms. The average Bonchev–Trinajstić information content (AvgIpc) is 2.11. The summed E-state index contributed by atoms with van der Waals surface area (Å²) >= 11 is 1.49. The molecule has 0 unspecified atom stereocenters. The molecule has 1 aromatic rings. The Bertz CT molecular complexity index is 379. The first-order valence-corrected chi connectivity index (χ1v) is 5.42. The third-order valence-electron chi connectivity index (χ3n) is 2.47. The largest absolute Gasteiger partial charge is 0.207 e. The van der Waals surface area contributed by atoms with Crippen molar-refractivity contribution in [3.63, 3.8) is 0 Å². The fraction of sp³-hybridized carbons (Fsp3) is 0.364. The number of nitriles is 1. The molecular weight excluding hydrogens is 197 g/mol. The van der Waals surface area contributed by atoms with E-state index in [1.165, 1.54) is 23.9 Å². The zero-order chi connectivity index (χ0) is 10.0. The van der Waals surface area contributed by atoms with Gasteiger partial charge in [0.1, 0.15) is 10.6 Å². The molecule has 0 saturated heterocycles. The molecule has 0 aliphatic heterocycles. The van der Waals surface area contributed by atoms with Crippen molar-refractivity contribution in [1.29, 1.82) is 5.26 Å². The number of hydrogen-bond acceptors (Lipinski definition) is 2. The Morgan fingerprint density at radius 2 is 2.21 bits per heavy atom. The molecule has 0 aromatic heterocycles. The minimum atomic E-state index is -0.284. The van der Waals surface area contributed by atoms with Crippen LogP contribution >= 0.6 is 11.8 Å². The van der Waals surface area contributed by atoms with E-state index in [-0.39, 0.29) is 10.6 Å². The molecule has 0 heterocycles. The highest BCUT2D eigenvalue weighted by atomic mass is 32.2. The normalized spacial score (nSPS) is 18.3. The van der Waals surface area contributed by atoms with Crippen LogP contribution in [0.4, 0.5) is 4.39 Å². The molecule has 0 atom stereocenters. The van der Waals surface area contributed by atoms with Gasteiger partial charge in [-0.1, -0.05) is 6.07 Å². The lowest BCUT2D eigenvalue weighted by atomic mass is 9.86. The van der Waals surface area contributed by atoms with Crippen LogP contribution in [0, 0.1) is 17.1 Å². The number of hydrogen-bond donors (Lipinski definition) is 0. The standard InChI is InChI=1S/C11H10FNS/c12-9-3-1-4-10(7-9)14-11(8-13)5-2-6-11/h1,3-4,7H,2,5-6H2. The topological polar surface area (TPSA) is 23.8 Å². The van der Waals surface area contributed by atoms with Crippen molar-refractivity contribution >= 4 is 11.8 Å². The van der Waals surface area contributed by atoms with Gasteiger partial charge < -0.3 is 0 Å². The summed E-state index contributed by atoms with van der Waals surface area (Å²) in [6, 6.07) is 8.77. The van der Waals surface area contributed by atoms with E-state index in [9.17, 15) is 4.39 Å². The molecular formula is C11H10FNS. The molecule has 0 radical (unpaired) electrons. The van der Waals surface area contributed by atoms with Crippen molar-refractivity contribution in [1.82, 2.24) is 0 Å². The van der Waals surface area contributed by atoms with Crippen LogP contribution in [0.3, 0.4) is 0 Å². The van der Waals surface area contributed by atoms with Crippen LogP contribution in [-0.4, -0.2) is 4.75 Å². The van der Waals surface area contributed by atoms with Crippen LogP contribution in [0.25, 0.3) is 0 Å². The second-order valence-corrected chi connectivity index (χ2v) is 4.98. The second-order valence-electron chi connectivity index (χ2n) is 3.52. The van der Waals surface area contributed by atoms with Gasteiger partial charge in [0.2, 0.25) is 0 Å². The highest BCUT2D eigenvalue weighted by molar-refractivity contribution is 8.01. The Hall–Kier alpha value is -1.01. The van der Waals surface area contributed by atoms with E-state index in [1.807, 2.05) is 6.07 Å².